The first-order valence-corrected chi connectivity index (χ1v) is 9.31. The third-order valence-corrected chi connectivity index (χ3v) is 4.72. The highest BCUT2D eigenvalue weighted by Crippen LogP contribution is 2.29. The Morgan fingerprint density at radius 1 is 1.25 bits per heavy atom. The van der Waals surface area contributed by atoms with Crippen LogP contribution in [0.3, 0.4) is 0 Å². The highest BCUT2D eigenvalue weighted by molar-refractivity contribution is 5.62. The lowest BCUT2D eigenvalue weighted by molar-refractivity contribution is 0.411. The molecule has 1 fully saturated rings. The van der Waals surface area contributed by atoms with Crippen molar-refractivity contribution in [2.45, 2.75) is 25.8 Å². The number of aryl methyl sites for hydroxylation is 1. The number of hydrogen-bond donors (Lipinski definition) is 3. The lowest BCUT2D eigenvalue weighted by atomic mass is 10.2. The molecule has 146 valence electrons. The van der Waals surface area contributed by atoms with E-state index in [1.165, 1.54) is 0 Å². The van der Waals surface area contributed by atoms with Gasteiger partial charge in [0, 0.05) is 24.5 Å². The molecule has 1 atom stereocenters. The van der Waals surface area contributed by atoms with Crippen LogP contribution >= 0.6 is 0 Å². The Labute approximate surface area is 163 Å². The molecule has 0 aliphatic carbocycles. The molecule has 2 aromatic heterocycles. The average molecular weight is 380 g/mol. The van der Waals surface area contributed by atoms with Crippen molar-refractivity contribution in [3.05, 3.63) is 41.9 Å². The van der Waals surface area contributed by atoms with Crippen molar-refractivity contribution >= 4 is 17.5 Å². The average Bonchev–Trinajstić information content (AvgIpc) is 3.39. The summed E-state index contributed by atoms with van der Waals surface area (Å²) in [5, 5.41) is 18.4. The predicted octanol–water partition coefficient (Wildman–Crippen LogP) is 2.58. The number of benzene rings is 1. The zero-order valence-electron chi connectivity index (χ0n) is 16.2. The number of aromatic nitrogens is 5. The topological polar surface area (TPSA) is 102 Å². The van der Waals surface area contributed by atoms with Crippen molar-refractivity contribution in [1.29, 1.82) is 0 Å². The van der Waals surface area contributed by atoms with E-state index in [2.05, 4.69) is 36.2 Å². The second kappa shape index (κ2) is 7.81. The van der Waals surface area contributed by atoms with E-state index in [4.69, 9.17) is 4.74 Å². The molecule has 1 aliphatic rings. The molecule has 28 heavy (non-hydrogen) atoms. The molecule has 0 amide bonds. The minimum atomic E-state index is 0.265. The number of hydrogen-bond acceptors (Lipinski definition) is 8. The van der Waals surface area contributed by atoms with Gasteiger partial charge in [-0.25, -0.2) is 9.67 Å². The fourth-order valence-corrected chi connectivity index (χ4v) is 3.32. The van der Waals surface area contributed by atoms with Crippen LogP contribution in [0.1, 0.15) is 30.3 Å². The molecule has 9 heteroatoms. The van der Waals surface area contributed by atoms with E-state index in [1.54, 1.807) is 11.8 Å². The number of nitrogens with one attached hydrogen (secondary N) is 3. The molecule has 1 saturated heterocycles. The molecular formula is C19H24N8O. The van der Waals surface area contributed by atoms with E-state index in [0.29, 0.717) is 11.7 Å². The zero-order chi connectivity index (χ0) is 19.5. The first-order valence-electron chi connectivity index (χ1n) is 9.31. The maximum Gasteiger partial charge on any atom is 0.229 e. The summed E-state index contributed by atoms with van der Waals surface area (Å²) in [6.07, 6.45) is 4.19. The zero-order valence-corrected chi connectivity index (χ0v) is 16.2. The Hall–Kier alpha value is -3.20. The summed E-state index contributed by atoms with van der Waals surface area (Å²) in [5.74, 6) is 1.99. The highest BCUT2D eigenvalue weighted by atomic mass is 16.5. The van der Waals surface area contributed by atoms with Crippen LogP contribution in [0.2, 0.25) is 0 Å². The number of nitrogens with zero attached hydrogens (tertiary/aromatic N) is 5. The van der Waals surface area contributed by atoms with Crippen LogP contribution < -0.4 is 20.7 Å². The highest BCUT2D eigenvalue weighted by Gasteiger charge is 2.20. The molecule has 0 radical (unpaired) electrons. The smallest absolute Gasteiger partial charge is 0.229 e. The Morgan fingerprint density at radius 3 is 2.89 bits per heavy atom. The number of rotatable bonds is 6. The van der Waals surface area contributed by atoms with Crippen LogP contribution in [-0.4, -0.2) is 45.7 Å². The van der Waals surface area contributed by atoms with Crippen LogP contribution in [-0.2, 0) is 0 Å². The summed E-state index contributed by atoms with van der Waals surface area (Å²) in [5.41, 5.74) is 3.45. The van der Waals surface area contributed by atoms with Crippen molar-refractivity contribution < 1.29 is 4.74 Å². The largest absolute Gasteiger partial charge is 0.494 e. The summed E-state index contributed by atoms with van der Waals surface area (Å²) in [7, 11) is 3.48. The van der Waals surface area contributed by atoms with Gasteiger partial charge in [0.15, 0.2) is 0 Å². The molecule has 4 rings (SSSR count). The Morgan fingerprint density at radius 2 is 2.14 bits per heavy atom. The third-order valence-electron chi connectivity index (χ3n) is 4.72. The molecule has 9 nitrogen and oxygen atoms in total. The van der Waals surface area contributed by atoms with Crippen LogP contribution in [0.25, 0.3) is 5.69 Å². The van der Waals surface area contributed by atoms with E-state index in [9.17, 15) is 0 Å². The summed E-state index contributed by atoms with van der Waals surface area (Å²) < 4.78 is 7.27. The summed E-state index contributed by atoms with van der Waals surface area (Å²) in [6.45, 7) is 2.95. The lowest BCUT2D eigenvalue weighted by Crippen LogP contribution is -2.13. The van der Waals surface area contributed by atoms with Gasteiger partial charge in [-0.3, -0.25) is 0 Å². The number of anilines is 3. The van der Waals surface area contributed by atoms with Crippen LogP contribution in [0.4, 0.5) is 17.5 Å². The molecule has 0 bridgehead atoms. The van der Waals surface area contributed by atoms with Gasteiger partial charge in [-0.05, 0) is 44.5 Å². The van der Waals surface area contributed by atoms with Gasteiger partial charge < -0.3 is 20.7 Å². The standard InChI is InChI=1S/C19H24N8O/c1-12-9-18(20-2)24-19(22-12)23-13-6-7-17(28-3)16(10-13)27-11-15(25-26-27)14-5-4-8-21-14/h6-7,9-11,14,21H,4-5,8H2,1-3H3,(H2,20,22,23,24). The molecule has 1 unspecified atom stereocenters. The Kier molecular flexibility index (Phi) is 5.07. The minimum Gasteiger partial charge on any atom is -0.494 e. The quantitative estimate of drug-likeness (QED) is 0.600. The summed E-state index contributed by atoms with van der Waals surface area (Å²) in [6, 6.07) is 7.91. The molecule has 3 N–H and O–H groups in total. The second-order valence-electron chi connectivity index (χ2n) is 6.72. The normalized spacial score (nSPS) is 16.2. The van der Waals surface area contributed by atoms with Gasteiger partial charge in [0.25, 0.3) is 0 Å². The van der Waals surface area contributed by atoms with Crippen LogP contribution in [0, 0.1) is 6.92 Å². The van der Waals surface area contributed by atoms with Crippen LogP contribution in [0.5, 0.6) is 5.75 Å². The molecular weight excluding hydrogens is 356 g/mol. The molecule has 3 aromatic rings. The molecule has 1 aromatic carbocycles. The predicted molar refractivity (Wildman–Crippen MR) is 107 cm³/mol. The van der Waals surface area contributed by atoms with Gasteiger partial charge in [0.1, 0.15) is 22.9 Å². The van der Waals surface area contributed by atoms with E-state index in [0.717, 1.165) is 48.0 Å². The summed E-state index contributed by atoms with van der Waals surface area (Å²) in [4.78, 5) is 8.88. The van der Waals surface area contributed by atoms with Crippen molar-refractivity contribution in [2.24, 2.45) is 0 Å². The first kappa shape index (κ1) is 18.2. The van der Waals surface area contributed by atoms with Crippen molar-refractivity contribution in [1.82, 2.24) is 30.3 Å². The fraction of sp³-hybridized carbons (Fsp3) is 0.368. The fourth-order valence-electron chi connectivity index (χ4n) is 3.32. The monoisotopic (exact) mass is 380 g/mol. The van der Waals surface area contributed by atoms with Gasteiger partial charge in [0.2, 0.25) is 5.95 Å². The van der Waals surface area contributed by atoms with Gasteiger partial charge in [-0.1, -0.05) is 5.21 Å². The molecule has 1 aliphatic heterocycles. The van der Waals surface area contributed by atoms with E-state index >= 15 is 0 Å². The van der Waals surface area contributed by atoms with Gasteiger partial charge in [0.05, 0.1) is 19.3 Å². The van der Waals surface area contributed by atoms with E-state index in [1.807, 2.05) is 44.4 Å². The van der Waals surface area contributed by atoms with Gasteiger partial charge in [-0.2, -0.15) is 4.98 Å². The molecule has 0 spiro atoms. The van der Waals surface area contributed by atoms with Crippen LogP contribution in [0.15, 0.2) is 30.5 Å². The molecule has 3 heterocycles. The van der Waals surface area contributed by atoms with E-state index in [-0.39, 0.29) is 6.04 Å². The molecule has 0 saturated carbocycles. The third kappa shape index (κ3) is 3.74. The van der Waals surface area contributed by atoms with Crippen molar-refractivity contribution in [3.63, 3.8) is 0 Å². The SMILES string of the molecule is CNc1cc(C)nc(Nc2ccc(OC)c(-n3cc(C4CCCN4)nn3)c2)n1. The van der Waals surface area contributed by atoms with Gasteiger partial charge >= 0.3 is 0 Å². The second-order valence-corrected chi connectivity index (χ2v) is 6.72. The van der Waals surface area contributed by atoms with Crippen molar-refractivity contribution in [2.75, 3.05) is 31.3 Å². The minimum absolute atomic E-state index is 0.265. The lowest BCUT2D eigenvalue weighted by Gasteiger charge is -2.12. The maximum atomic E-state index is 5.52. The summed E-state index contributed by atoms with van der Waals surface area (Å²) >= 11 is 0. The number of methoxy groups -OCH3 is 1. The van der Waals surface area contributed by atoms with Crippen molar-refractivity contribution in [3.8, 4) is 11.4 Å². The van der Waals surface area contributed by atoms with E-state index < -0.39 is 0 Å². The Balaban J connectivity index is 1.64. The van der Waals surface area contributed by atoms with Gasteiger partial charge in [-0.15, -0.1) is 5.10 Å². The first-order chi connectivity index (χ1) is 13.7. The Bertz CT molecular complexity index is 964. The number of ether oxygens (including phenoxy) is 1. The maximum absolute atomic E-state index is 5.52.